The number of hydrogen-bond acceptors (Lipinski definition) is 4. The number of benzene rings is 1. The van der Waals surface area contributed by atoms with Crippen LogP contribution in [0.2, 0.25) is 0 Å². The number of pyridine rings is 1. The van der Waals surface area contributed by atoms with Crippen molar-refractivity contribution in [1.29, 1.82) is 0 Å². The smallest absolute Gasteiger partial charge is 0.337 e. The van der Waals surface area contributed by atoms with Crippen molar-refractivity contribution in [3.63, 3.8) is 0 Å². The highest BCUT2D eigenvalue weighted by molar-refractivity contribution is 5.89. The molecule has 1 aromatic heterocycles. The van der Waals surface area contributed by atoms with Gasteiger partial charge in [-0.05, 0) is 43.3 Å². The van der Waals surface area contributed by atoms with Crippen LogP contribution in [0.3, 0.4) is 0 Å². The molecule has 0 aliphatic rings. The summed E-state index contributed by atoms with van der Waals surface area (Å²) in [5, 5.41) is 3.22. The van der Waals surface area contributed by atoms with Crippen LogP contribution < -0.4 is 5.32 Å². The molecule has 0 aliphatic carbocycles. The predicted octanol–water partition coefficient (Wildman–Crippen LogP) is 3.18. The standard InChI is InChI=1S/C15H15FN2O2/c1-10(14-8-5-12(16)9-17-14)18-13-6-3-11(4-7-13)15(19)20-2/h3-10,18H,1-2H3. The van der Waals surface area contributed by atoms with Gasteiger partial charge >= 0.3 is 5.97 Å². The molecule has 4 nitrogen and oxygen atoms in total. The van der Waals surface area contributed by atoms with E-state index in [9.17, 15) is 9.18 Å². The number of methoxy groups -OCH3 is 1. The van der Waals surface area contributed by atoms with Gasteiger partial charge in [-0.1, -0.05) is 0 Å². The average molecular weight is 274 g/mol. The van der Waals surface area contributed by atoms with Crippen LogP contribution in [0.4, 0.5) is 10.1 Å². The number of nitrogens with one attached hydrogen (secondary N) is 1. The molecule has 0 bridgehead atoms. The second-order valence-corrected chi connectivity index (χ2v) is 4.34. The monoisotopic (exact) mass is 274 g/mol. The Morgan fingerprint density at radius 1 is 1.25 bits per heavy atom. The van der Waals surface area contributed by atoms with Crippen LogP contribution in [0.25, 0.3) is 0 Å². The molecule has 0 amide bonds. The minimum absolute atomic E-state index is 0.0698. The summed E-state index contributed by atoms with van der Waals surface area (Å²) in [6.07, 6.45) is 1.19. The van der Waals surface area contributed by atoms with Crippen LogP contribution in [-0.4, -0.2) is 18.1 Å². The van der Waals surface area contributed by atoms with Crippen molar-refractivity contribution in [3.05, 3.63) is 59.7 Å². The molecule has 0 radical (unpaired) electrons. The highest BCUT2D eigenvalue weighted by atomic mass is 19.1. The minimum Gasteiger partial charge on any atom is -0.465 e. The number of carbonyl (C=O) groups excluding carboxylic acids is 1. The molecule has 2 aromatic rings. The highest BCUT2D eigenvalue weighted by Crippen LogP contribution is 2.18. The second kappa shape index (κ2) is 6.14. The van der Waals surface area contributed by atoms with Crippen LogP contribution in [0.5, 0.6) is 0 Å². The van der Waals surface area contributed by atoms with Gasteiger partial charge in [0.05, 0.1) is 30.6 Å². The molecule has 104 valence electrons. The number of carbonyl (C=O) groups is 1. The number of anilines is 1. The third-order valence-corrected chi connectivity index (χ3v) is 2.88. The van der Waals surface area contributed by atoms with Gasteiger partial charge in [0.1, 0.15) is 5.82 Å². The molecule has 0 fully saturated rings. The molecular weight excluding hydrogens is 259 g/mol. The largest absolute Gasteiger partial charge is 0.465 e. The van der Waals surface area contributed by atoms with E-state index in [0.29, 0.717) is 5.56 Å². The first kappa shape index (κ1) is 14.0. The highest BCUT2D eigenvalue weighted by Gasteiger charge is 2.08. The van der Waals surface area contributed by atoms with Crippen molar-refractivity contribution in [1.82, 2.24) is 4.98 Å². The summed E-state index contributed by atoms with van der Waals surface area (Å²) in [6, 6.07) is 9.87. The van der Waals surface area contributed by atoms with E-state index < -0.39 is 0 Å². The van der Waals surface area contributed by atoms with E-state index in [2.05, 4.69) is 15.0 Å². The Morgan fingerprint density at radius 3 is 2.50 bits per heavy atom. The molecular formula is C15H15FN2O2. The van der Waals surface area contributed by atoms with Gasteiger partial charge in [0.25, 0.3) is 0 Å². The van der Waals surface area contributed by atoms with E-state index in [0.717, 1.165) is 11.4 Å². The molecule has 0 saturated carbocycles. The topological polar surface area (TPSA) is 51.2 Å². The Hall–Kier alpha value is -2.43. The lowest BCUT2D eigenvalue weighted by atomic mass is 10.1. The maximum absolute atomic E-state index is 12.8. The van der Waals surface area contributed by atoms with Gasteiger partial charge in [-0.15, -0.1) is 0 Å². The van der Waals surface area contributed by atoms with Crippen LogP contribution in [0.1, 0.15) is 29.0 Å². The van der Waals surface area contributed by atoms with Gasteiger partial charge in [0, 0.05) is 5.69 Å². The summed E-state index contributed by atoms with van der Waals surface area (Å²) in [5.74, 6) is -0.729. The number of nitrogens with zero attached hydrogens (tertiary/aromatic N) is 1. The molecule has 2 rings (SSSR count). The summed E-state index contributed by atoms with van der Waals surface area (Å²) in [6.45, 7) is 1.93. The van der Waals surface area contributed by atoms with E-state index in [1.165, 1.54) is 19.4 Å². The third-order valence-electron chi connectivity index (χ3n) is 2.88. The number of hydrogen-bond donors (Lipinski definition) is 1. The fraction of sp³-hybridized carbons (Fsp3) is 0.200. The quantitative estimate of drug-likeness (QED) is 0.870. The maximum Gasteiger partial charge on any atom is 0.337 e. The number of ether oxygens (including phenoxy) is 1. The lowest BCUT2D eigenvalue weighted by Gasteiger charge is -2.14. The molecule has 5 heteroatoms. The third kappa shape index (κ3) is 3.32. The predicted molar refractivity (Wildman–Crippen MR) is 74.0 cm³/mol. The van der Waals surface area contributed by atoms with Gasteiger partial charge in [0.15, 0.2) is 0 Å². The Labute approximate surface area is 116 Å². The van der Waals surface area contributed by atoms with Gasteiger partial charge in [0.2, 0.25) is 0 Å². The van der Waals surface area contributed by atoms with Crippen molar-refractivity contribution < 1.29 is 13.9 Å². The molecule has 0 aliphatic heterocycles. The summed E-state index contributed by atoms with van der Waals surface area (Å²) in [7, 11) is 1.34. The van der Waals surface area contributed by atoms with Crippen LogP contribution in [-0.2, 0) is 4.74 Å². The zero-order chi connectivity index (χ0) is 14.5. The molecule has 0 spiro atoms. The SMILES string of the molecule is COC(=O)c1ccc(NC(C)c2ccc(F)cn2)cc1. The normalized spacial score (nSPS) is 11.8. The minimum atomic E-state index is -0.371. The number of halogens is 1. The first-order chi connectivity index (χ1) is 9.60. The van der Waals surface area contributed by atoms with Crippen molar-refractivity contribution in [3.8, 4) is 0 Å². The van der Waals surface area contributed by atoms with E-state index in [1.807, 2.05) is 6.92 Å². The molecule has 1 aromatic carbocycles. The molecule has 1 N–H and O–H groups in total. The molecule has 20 heavy (non-hydrogen) atoms. The van der Waals surface area contributed by atoms with Crippen molar-refractivity contribution in [2.75, 3.05) is 12.4 Å². The zero-order valence-corrected chi connectivity index (χ0v) is 11.3. The lowest BCUT2D eigenvalue weighted by Crippen LogP contribution is -2.09. The number of aromatic nitrogens is 1. The fourth-order valence-corrected chi connectivity index (χ4v) is 1.79. The fourth-order valence-electron chi connectivity index (χ4n) is 1.79. The molecule has 1 unspecified atom stereocenters. The average Bonchev–Trinajstić information content (AvgIpc) is 2.48. The molecule has 1 heterocycles. The lowest BCUT2D eigenvalue weighted by molar-refractivity contribution is 0.0601. The summed E-state index contributed by atoms with van der Waals surface area (Å²) < 4.78 is 17.4. The first-order valence-corrected chi connectivity index (χ1v) is 6.16. The number of rotatable bonds is 4. The number of esters is 1. The van der Waals surface area contributed by atoms with Crippen LogP contribution >= 0.6 is 0 Å². The van der Waals surface area contributed by atoms with Gasteiger partial charge < -0.3 is 10.1 Å². The van der Waals surface area contributed by atoms with E-state index in [4.69, 9.17) is 0 Å². The molecule has 1 atom stereocenters. The second-order valence-electron chi connectivity index (χ2n) is 4.34. The molecule has 0 saturated heterocycles. The van der Waals surface area contributed by atoms with Crippen molar-refractivity contribution >= 4 is 11.7 Å². The van der Waals surface area contributed by atoms with E-state index in [-0.39, 0.29) is 17.8 Å². The first-order valence-electron chi connectivity index (χ1n) is 6.16. The van der Waals surface area contributed by atoms with Crippen LogP contribution in [0, 0.1) is 5.82 Å². The Balaban J connectivity index is 2.06. The Morgan fingerprint density at radius 2 is 1.95 bits per heavy atom. The van der Waals surface area contributed by atoms with Crippen molar-refractivity contribution in [2.45, 2.75) is 13.0 Å². The maximum atomic E-state index is 12.8. The van der Waals surface area contributed by atoms with E-state index >= 15 is 0 Å². The van der Waals surface area contributed by atoms with Crippen LogP contribution in [0.15, 0.2) is 42.6 Å². The van der Waals surface area contributed by atoms with E-state index in [1.54, 1.807) is 30.3 Å². The zero-order valence-electron chi connectivity index (χ0n) is 11.3. The Bertz CT molecular complexity index is 582. The summed E-state index contributed by atoms with van der Waals surface area (Å²) >= 11 is 0. The van der Waals surface area contributed by atoms with Gasteiger partial charge in [-0.3, -0.25) is 4.98 Å². The van der Waals surface area contributed by atoms with Gasteiger partial charge in [-0.2, -0.15) is 0 Å². The summed E-state index contributed by atoms with van der Waals surface area (Å²) in [4.78, 5) is 15.3. The van der Waals surface area contributed by atoms with Crippen molar-refractivity contribution in [2.24, 2.45) is 0 Å². The Kier molecular flexibility index (Phi) is 4.30. The summed E-state index contributed by atoms with van der Waals surface area (Å²) in [5.41, 5.74) is 2.07. The van der Waals surface area contributed by atoms with Gasteiger partial charge in [-0.25, -0.2) is 9.18 Å².